The maximum absolute atomic E-state index is 10.4. The molecular weight excluding hydrogens is 530 g/mol. The third-order valence-electron chi connectivity index (χ3n) is 10.0. The second kappa shape index (κ2) is 15.6. The van der Waals surface area contributed by atoms with Gasteiger partial charge in [-0.2, -0.15) is 0 Å². The summed E-state index contributed by atoms with van der Waals surface area (Å²) in [6, 6.07) is -0.946. The van der Waals surface area contributed by atoms with Crippen LogP contribution >= 0.6 is 0 Å². The van der Waals surface area contributed by atoms with Gasteiger partial charge < -0.3 is 35.3 Å². The van der Waals surface area contributed by atoms with Gasteiger partial charge in [-0.3, -0.25) is 0 Å². The van der Waals surface area contributed by atoms with Crippen LogP contribution in [0, 0.1) is 38.5 Å². The van der Waals surface area contributed by atoms with Gasteiger partial charge in [-0.1, -0.05) is 72.6 Å². The molecule has 0 saturated carbocycles. The van der Waals surface area contributed by atoms with Crippen molar-refractivity contribution in [1.29, 1.82) is 0 Å². The Labute approximate surface area is 255 Å². The highest BCUT2D eigenvalue weighted by Crippen LogP contribution is 2.45. The molecule has 1 fully saturated rings. The summed E-state index contributed by atoms with van der Waals surface area (Å²) in [6.07, 6.45) is 8.95. The van der Waals surface area contributed by atoms with Crippen LogP contribution in [0.3, 0.4) is 0 Å². The fourth-order valence-corrected chi connectivity index (χ4v) is 6.76. The molecule has 42 heavy (non-hydrogen) atoms. The third-order valence-corrected chi connectivity index (χ3v) is 10.0. The van der Waals surface area contributed by atoms with E-state index in [1.807, 2.05) is 13.8 Å². The fraction of sp³-hybridized carbons (Fsp3) is 0.829. The highest BCUT2D eigenvalue weighted by molar-refractivity contribution is 5.59. The van der Waals surface area contributed by atoms with Gasteiger partial charge in [0, 0.05) is 5.56 Å². The van der Waals surface area contributed by atoms with Crippen molar-refractivity contribution in [2.24, 2.45) is 23.5 Å². The molecule has 0 spiro atoms. The minimum Gasteiger partial charge on any atom is -0.487 e. The standard InChI is InChI=1S/C35H61NO6/c1-21(2)12-9-13-22(3)14-10-15-23(4)16-11-18-35(8)19-17-27-26(7)32(24(5)25(6)33(27)42-35)41-34-29(36)31(39)30(38)28(20-37)40-34/h21-23,28-31,34,37-39H,9-20,36H2,1-8H3/t22-,23-,28-,29-,30-,31-,34-,35-/m1/s1. The van der Waals surface area contributed by atoms with Crippen molar-refractivity contribution in [3.05, 3.63) is 22.3 Å². The molecule has 0 aliphatic carbocycles. The Kier molecular flexibility index (Phi) is 13.0. The van der Waals surface area contributed by atoms with Crippen molar-refractivity contribution < 1.29 is 29.5 Å². The van der Waals surface area contributed by atoms with Gasteiger partial charge in [0.25, 0.3) is 0 Å². The van der Waals surface area contributed by atoms with Crippen molar-refractivity contribution in [3.8, 4) is 11.5 Å². The maximum Gasteiger partial charge on any atom is 0.218 e. The second-order valence-corrected chi connectivity index (χ2v) is 14.3. The van der Waals surface area contributed by atoms with E-state index in [4.69, 9.17) is 19.9 Å². The molecule has 7 heteroatoms. The molecular formula is C35H61NO6. The van der Waals surface area contributed by atoms with Gasteiger partial charge in [0.1, 0.15) is 35.4 Å². The summed E-state index contributed by atoms with van der Waals surface area (Å²) in [4.78, 5) is 0. The summed E-state index contributed by atoms with van der Waals surface area (Å²) in [5.41, 5.74) is 10.1. The van der Waals surface area contributed by atoms with Crippen LogP contribution in [-0.4, -0.2) is 58.2 Å². The van der Waals surface area contributed by atoms with Crippen LogP contribution in [-0.2, 0) is 11.2 Å². The molecule has 2 aliphatic rings. The maximum atomic E-state index is 10.4. The number of nitrogens with two attached hydrogens (primary N) is 1. The van der Waals surface area contributed by atoms with E-state index in [-0.39, 0.29) is 5.60 Å². The predicted molar refractivity (Wildman–Crippen MR) is 169 cm³/mol. The van der Waals surface area contributed by atoms with Crippen molar-refractivity contribution in [2.75, 3.05) is 6.61 Å². The average molecular weight is 592 g/mol. The zero-order valence-electron chi connectivity index (χ0n) is 27.7. The summed E-state index contributed by atoms with van der Waals surface area (Å²) < 4.78 is 18.8. The van der Waals surface area contributed by atoms with Crippen LogP contribution in [0.25, 0.3) is 0 Å². The lowest BCUT2D eigenvalue weighted by Gasteiger charge is -2.41. The minimum atomic E-state index is -1.26. The van der Waals surface area contributed by atoms with E-state index in [1.165, 1.54) is 51.4 Å². The van der Waals surface area contributed by atoms with Gasteiger partial charge in [0.2, 0.25) is 6.29 Å². The lowest BCUT2D eigenvalue weighted by atomic mass is 9.83. The van der Waals surface area contributed by atoms with E-state index in [0.29, 0.717) is 5.75 Å². The van der Waals surface area contributed by atoms with Crippen LogP contribution in [0.1, 0.15) is 121 Å². The molecule has 1 aromatic carbocycles. The molecule has 2 heterocycles. The molecule has 0 bridgehead atoms. The molecule has 0 unspecified atom stereocenters. The summed E-state index contributed by atoms with van der Waals surface area (Å²) >= 11 is 0. The summed E-state index contributed by atoms with van der Waals surface area (Å²) in [5, 5.41) is 30.1. The number of aliphatic hydroxyl groups excluding tert-OH is 3. The Morgan fingerprint density at radius 1 is 0.881 bits per heavy atom. The Bertz CT molecular complexity index is 996. The molecule has 5 N–H and O–H groups in total. The normalized spacial score (nSPS) is 29.2. The first kappa shape index (κ1) is 35.1. The van der Waals surface area contributed by atoms with Crippen molar-refractivity contribution in [2.45, 2.75) is 162 Å². The van der Waals surface area contributed by atoms with Gasteiger partial charge in [0.05, 0.1) is 12.6 Å². The van der Waals surface area contributed by atoms with Crippen LogP contribution < -0.4 is 15.2 Å². The SMILES string of the molecule is Cc1c(C)c2c(c(C)c1O[C@H]1O[C@H](CO)[C@@H](O)[C@H](O)[C@H]1N)CC[C@@](C)(CCC[C@H](C)CCC[C@H](C)CCCC(C)C)O2. The highest BCUT2D eigenvalue weighted by atomic mass is 16.7. The topological polar surface area (TPSA) is 114 Å². The predicted octanol–water partition coefficient (Wildman–Crippen LogP) is 6.28. The van der Waals surface area contributed by atoms with E-state index in [2.05, 4.69) is 41.5 Å². The van der Waals surface area contributed by atoms with Crippen molar-refractivity contribution in [3.63, 3.8) is 0 Å². The number of benzene rings is 1. The molecule has 8 atom stereocenters. The van der Waals surface area contributed by atoms with Crippen molar-refractivity contribution in [1.82, 2.24) is 0 Å². The largest absolute Gasteiger partial charge is 0.487 e. The molecule has 1 saturated heterocycles. The summed E-state index contributed by atoms with van der Waals surface area (Å²) in [7, 11) is 0. The van der Waals surface area contributed by atoms with Gasteiger partial charge in [0.15, 0.2) is 0 Å². The number of hydrogen-bond acceptors (Lipinski definition) is 7. The molecule has 0 aromatic heterocycles. The van der Waals surface area contributed by atoms with Crippen LogP contribution in [0.4, 0.5) is 0 Å². The minimum absolute atomic E-state index is 0.187. The summed E-state index contributed by atoms with van der Waals surface area (Å²) in [5.74, 6) is 4.04. The molecule has 7 nitrogen and oxygen atoms in total. The van der Waals surface area contributed by atoms with Crippen LogP contribution in [0.5, 0.6) is 11.5 Å². The quantitative estimate of drug-likeness (QED) is 0.190. The Hall–Kier alpha value is -1.38. The summed E-state index contributed by atoms with van der Waals surface area (Å²) in [6.45, 7) is 17.4. The first-order valence-corrected chi connectivity index (χ1v) is 16.6. The molecule has 0 amide bonds. The number of hydrogen-bond donors (Lipinski definition) is 4. The number of aliphatic hydroxyl groups is 3. The molecule has 3 rings (SSSR count). The fourth-order valence-electron chi connectivity index (χ4n) is 6.76. The number of rotatable bonds is 15. The highest BCUT2D eigenvalue weighted by Gasteiger charge is 2.44. The molecule has 0 radical (unpaired) electrons. The monoisotopic (exact) mass is 591 g/mol. The van der Waals surface area contributed by atoms with E-state index >= 15 is 0 Å². The Balaban J connectivity index is 1.55. The zero-order chi connectivity index (χ0) is 31.2. The van der Waals surface area contributed by atoms with Gasteiger partial charge in [-0.25, -0.2) is 0 Å². The van der Waals surface area contributed by atoms with Gasteiger partial charge in [-0.15, -0.1) is 0 Å². The smallest absolute Gasteiger partial charge is 0.218 e. The van der Waals surface area contributed by atoms with E-state index < -0.39 is 37.3 Å². The first-order chi connectivity index (χ1) is 19.8. The molecule has 242 valence electrons. The van der Waals surface area contributed by atoms with Gasteiger partial charge in [-0.05, 0) is 87.8 Å². The van der Waals surface area contributed by atoms with E-state index in [1.54, 1.807) is 0 Å². The van der Waals surface area contributed by atoms with Crippen LogP contribution in [0.2, 0.25) is 0 Å². The first-order valence-electron chi connectivity index (χ1n) is 16.6. The zero-order valence-corrected chi connectivity index (χ0v) is 27.7. The Morgan fingerprint density at radius 3 is 2.07 bits per heavy atom. The Morgan fingerprint density at radius 2 is 1.48 bits per heavy atom. The van der Waals surface area contributed by atoms with Crippen molar-refractivity contribution >= 4 is 0 Å². The van der Waals surface area contributed by atoms with Gasteiger partial charge >= 0.3 is 0 Å². The second-order valence-electron chi connectivity index (χ2n) is 14.3. The number of fused-ring (bicyclic) bond motifs is 1. The lowest BCUT2D eigenvalue weighted by Crippen LogP contribution is -2.63. The molecule has 1 aromatic rings. The van der Waals surface area contributed by atoms with E-state index in [0.717, 1.165) is 65.0 Å². The van der Waals surface area contributed by atoms with Crippen LogP contribution in [0.15, 0.2) is 0 Å². The average Bonchev–Trinajstić information content (AvgIpc) is 2.93. The molecule has 2 aliphatic heterocycles. The third kappa shape index (κ3) is 8.84. The lowest BCUT2D eigenvalue weighted by molar-refractivity contribution is -0.239. The number of ether oxygens (including phenoxy) is 3. The van der Waals surface area contributed by atoms with E-state index in [9.17, 15) is 15.3 Å².